The van der Waals surface area contributed by atoms with Crippen LogP contribution in [0.5, 0.6) is 0 Å². The number of hydrogen-bond donors (Lipinski definition) is 3. The minimum atomic E-state index is -0.132. The minimum Gasteiger partial charge on any atom is -0.355 e. The second kappa shape index (κ2) is 7.65. The highest BCUT2D eigenvalue weighted by Crippen LogP contribution is 2.30. The molecule has 4 aromatic rings. The Labute approximate surface area is 171 Å². The van der Waals surface area contributed by atoms with Gasteiger partial charge in [0.15, 0.2) is 4.96 Å². The second-order valence-corrected chi connectivity index (χ2v) is 7.84. The summed E-state index contributed by atoms with van der Waals surface area (Å²) in [5.41, 5.74) is 9.55. The summed E-state index contributed by atoms with van der Waals surface area (Å²) in [6, 6.07) is 12.9. The minimum absolute atomic E-state index is 0.0730. The topological polar surface area (TPSA) is 102 Å². The number of amides is 2. The number of nitrogens with one attached hydrogen (secondary N) is 2. The molecule has 0 fully saturated rings. The van der Waals surface area contributed by atoms with Gasteiger partial charge >= 0.3 is 0 Å². The number of fused-ring (bicyclic) bond motifs is 3. The van der Waals surface area contributed by atoms with Gasteiger partial charge in [-0.1, -0.05) is 23.5 Å². The Morgan fingerprint density at radius 2 is 1.86 bits per heavy atom. The summed E-state index contributed by atoms with van der Waals surface area (Å²) in [5.74, 6) is -0.248. The van der Waals surface area contributed by atoms with Crippen LogP contribution in [0.3, 0.4) is 0 Å². The van der Waals surface area contributed by atoms with Crippen molar-refractivity contribution in [3.63, 3.8) is 0 Å². The molecule has 1 atom stereocenters. The molecule has 2 aromatic carbocycles. The van der Waals surface area contributed by atoms with Crippen LogP contribution in [-0.4, -0.2) is 40.8 Å². The van der Waals surface area contributed by atoms with Crippen LogP contribution in [0.4, 0.5) is 0 Å². The molecule has 0 unspecified atom stereocenters. The maximum atomic E-state index is 12.3. The Hall–Kier alpha value is -3.23. The van der Waals surface area contributed by atoms with Gasteiger partial charge in [-0.05, 0) is 37.3 Å². The summed E-state index contributed by atoms with van der Waals surface area (Å²) < 4.78 is 3.01. The number of carbonyl (C=O) groups excluding carboxylic acids is 2. The summed E-state index contributed by atoms with van der Waals surface area (Å²) in [5, 5.41) is 5.49. The van der Waals surface area contributed by atoms with Gasteiger partial charge in [0, 0.05) is 42.5 Å². The van der Waals surface area contributed by atoms with Gasteiger partial charge in [0.25, 0.3) is 11.8 Å². The Morgan fingerprint density at radius 3 is 2.55 bits per heavy atom. The van der Waals surface area contributed by atoms with Gasteiger partial charge in [0.05, 0.1) is 15.9 Å². The zero-order valence-electron chi connectivity index (χ0n) is 16.1. The van der Waals surface area contributed by atoms with Crippen molar-refractivity contribution in [3.05, 3.63) is 59.8 Å². The quantitative estimate of drug-likeness (QED) is 0.473. The molecule has 0 radical (unpaired) electrons. The highest BCUT2D eigenvalue weighted by Gasteiger charge is 2.14. The van der Waals surface area contributed by atoms with E-state index < -0.39 is 0 Å². The molecule has 0 spiro atoms. The van der Waals surface area contributed by atoms with E-state index in [4.69, 9.17) is 10.7 Å². The van der Waals surface area contributed by atoms with Crippen LogP contribution in [0.25, 0.3) is 26.4 Å². The number of rotatable bonds is 5. The van der Waals surface area contributed by atoms with Gasteiger partial charge in [-0.2, -0.15) is 0 Å². The van der Waals surface area contributed by atoms with E-state index in [1.165, 1.54) is 11.3 Å². The molecule has 7 nitrogen and oxygen atoms in total. The van der Waals surface area contributed by atoms with Crippen molar-refractivity contribution in [2.45, 2.75) is 13.0 Å². The van der Waals surface area contributed by atoms with Crippen molar-refractivity contribution >= 4 is 38.3 Å². The lowest BCUT2D eigenvalue weighted by Gasteiger charge is -2.11. The van der Waals surface area contributed by atoms with E-state index in [0.29, 0.717) is 17.7 Å². The largest absolute Gasteiger partial charge is 0.355 e. The Kier molecular flexibility index (Phi) is 5.04. The molecule has 2 heterocycles. The second-order valence-electron chi connectivity index (χ2n) is 6.83. The van der Waals surface area contributed by atoms with Gasteiger partial charge in [-0.25, -0.2) is 4.98 Å². The molecule has 4 rings (SSSR count). The Bertz CT molecular complexity index is 1210. The van der Waals surface area contributed by atoms with E-state index in [1.807, 2.05) is 47.9 Å². The summed E-state index contributed by atoms with van der Waals surface area (Å²) in [6.07, 6.45) is 1.97. The Balaban J connectivity index is 1.65. The molecule has 4 N–H and O–H groups in total. The van der Waals surface area contributed by atoms with Crippen molar-refractivity contribution in [2.75, 3.05) is 13.6 Å². The summed E-state index contributed by atoms with van der Waals surface area (Å²) in [6.45, 7) is 2.27. The summed E-state index contributed by atoms with van der Waals surface area (Å²) in [7, 11) is 1.61. The molecule has 0 saturated carbocycles. The summed E-state index contributed by atoms with van der Waals surface area (Å²) in [4.78, 5) is 29.6. The molecule has 0 bridgehead atoms. The molecule has 29 heavy (non-hydrogen) atoms. The SMILES string of the molecule is CNC(=O)c1ccc(-c2cn3c(n2)sc2cc(C(=O)N[C@@H](C)CN)ccc23)cc1. The number of thiazole rings is 1. The third kappa shape index (κ3) is 3.59. The maximum Gasteiger partial charge on any atom is 0.251 e. The third-order valence-corrected chi connectivity index (χ3v) is 5.77. The number of benzene rings is 2. The van der Waals surface area contributed by atoms with Crippen molar-refractivity contribution in [1.29, 1.82) is 0 Å². The first-order chi connectivity index (χ1) is 14.0. The lowest BCUT2D eigenvalue weighted by atomic mass is 10.1. The molecular weight excluding hydrogens is 386 g/mol. The normalized spacial score (nSPS) is 12.2. The first-order valence-corrected chi connectivity index (χ1v) is 10.1. The van der Waals surface area contributed by atoms with Crippen molar-refractivity contribution in [3.8, 4) is 11.3 Å². The van der Waals surface area contributed by atoms with E-state index in [-0.39, 0.29) is 17.9 Å². The molecule has 148 valence electrons. The summed E-state index contributed by atoms with van der Waals surface area (Å²) >= 11 is 1.53. The number of aromatic nitrogens is 2. The molecule has 2 amide bonds. The maximum absolute atomic E-state index is 12.3. The highest BCUT2D eigenvalue weighted by atomic mass is 32.1. The molecule has 8 heteroatoms. The molecule has 0 aliphatic carbocycles. The fourth-order valence-electron chi connectivity index (χ4n) is 3.08. The van der Waals surface area contributed by atoms with Gasteiger partial charge in [-0.15, -0.1) is 0 Å². The van der Waals surface area contributed by atoms with Gasteiger partial charge in [-0.3, -0.25) is 14.0 Å². The van der Waals surface area contributed by atoms with Crippen LogP contribution in [0, 0.1) is 0 Å². The van der Waals surface area contributed by atoms with E-state index >= 15 is 0 Å². The number of imidazole rings is 1. The van der Waals surface area contributed by atoms with Gasteiger partial charge in [0.1, 0.15) is 0 Å². The molecule has 2 aromatic heterocycles. The highest BCUT2D eigenvalue weighted by molar-refractivity contribution is 7.23. The molecule has 0 aliphatic heterocycles. The Morgan fingerprint density at radius 1 is 1.14 bits per heavy atom. The van der Waals surface area contributed by atoms with Crippen LogP contribution >= 0.6 is 11.3 Å². The average Bonchev–Trinajstić information content (AvgIpc) is 3.30. The third-order valence-electron chi connectivity index (χ3n) is 4.76. The molecule has 0 saturated heterocycles. The van der Waals surface area contributed by atoms with Crippen LogP contribution in [0.2, 0.25) is 0 Å². The lowest BCUT2D eigenvalue weighted by molar-refractivity contribution is 0.0938. The van der Waals surface area contributed by atoms with Crippen LogP contribution in [0.15, 0.2) is 48.7 Å². The van der Waals surface area contributed by atoms with E-state index in [9.17, 15) is 9.59 Å². The number of nitrogens with two attached hydrogens (primary N) is 1. The van der Waals surface area contributed by atoms with Crippen LogP contribution < -0.4 is 16.4 Å². The standard InChI is InChI=1S/C21H21N5O2S/c1-12(10-22)24-20(28)15-7-8-17-18(9-15)29-21-25-16(11-26(17)21)13-3-5-14(6-4-13)19(27)23-2/h3-9,11-12H,10,22H2,1-2H3,(H,23,27)(H,24,28)/t12-/m0/s1. The molecular formula is C21H21N5O2S. The predicted molar refractivity (Wildman–Crippen MR) is 115 cm³/mol. The van der Waals surface area contributed by atoms with Gasteiger partial charge in [0.2, 0.25) is 0 Å². The van der Waals surface area contributed by atoms with Crippen LogP contribution in [-0.2, 0) is 0 Å². The number of hydrogen-bond acceptors (Lipinski definition) is 5. The van der Waals surface area contributed by atoms with E-state index in [1.54, 1.807) is 19.2 Å². The van der Waals surface area contributed by atoms with E-state index in [0.717, 1.165) is 26.4 Å². The fraction of sp³-hybridized carbons (Fsp3) is 0.190. The van der Waals surface area contributed by atoms with Gasteiger partial charge < -0.3 is 16.4 Å². The first-order valence-electron chi connectivity index (χ1n) is 9.25. The number of nitrogens with zero attached hydrogens (tertiary/aromatic N) is 2. The molecule has 0 aliphatic rings. The zero-order valence-corrected chi connectivity index (χ0v) is 16.9. The van der Waals surface area contributed by atoms with E-state index in [2.05, 4.69) is 10.6 Å². The van der Waals surface area contributed by atoms with Crippen molar-refractivity contribution < 1.29 is 9.59 Å². The van der Waals surface area contributed by atoms with Crippen molar-refractivity contribution in [1.82, 2.24) is 20.0 Å². The van der Waals surface area contributed by atoms with Crippen molar-refractivity contribution in [2.24, 2.45) is 5.73 Å². The first kappa shape index (κ1) is 19.1. The van der Waals surface area contributed by atoms with Crippen LogP contribution in [0.1, 0.15) is 27.6 Å². The predicted octanol–water partition coefficient (Wildman–Crippen LogP) is 2.65. The lowest BCUT2D eigenvalue weighted by Crippen LogP contribution is -2.37. The smallest absolute Gasteiger partial charge is 0.251 e. The number of carbonyl (C=O) groups is 2. The fourth-order valence-corrected chi connectivity index (χ4v) is 4.13. The zero-order chi connectivity index (χ0) is 20.5. The monoisotopic (exact) mass is 407 g/mol. The average molecular weight is 407 g/mol.